The number of nitrogens with one attached hydrogen (secondary N) is 4. The Morgan fingerprint density at radius 3 is 2.58 bits per heavy atom. The molecule has 9 heteroatoms. The van der Waals surface area contributed by atoms with Crippen LogP contribution in [0.5, 0.6) is 0 Å². The lowest BCUT2D eigenvalue weighted by atomic mass is 9.84. The van der Waals surface area contributed by atoms with Gasteiger partial charge in [0.1, 0.15) is 5.82 Å². The van der Waals surface area contributed by atoms with Gasteiger partial charge < -0.3 is 16.0 Å². The van der Waals surface area contributed by atoms with Crippen LogP contribution in [0.15, 0.2) is 36.4 Å². The average molecular weight is 455 g/mol. The molecule has 1 aromatic carbocycles. The van der Waals surface area contributed by atoms with Crippen molar-refractivity contribution in [3.8, 4) is 0 Å². The Bertz CT molecular complexity index is 995. The van der Waals surface area contributed by atoms with Gasteiger partial charge in [0.25, 0.3) is 0 Å². The van der Waals surface area contributed by atoms with Crippen molar-refractivity contribution < 1.29 is 14.4 Å². The SMILES string of the molecule is Cc1cc(NC(=O)C(=O)NC(C)CCc2ccccc2)n(C2NC(=O)CC(C(C)(C)C)N2)n1. The minimum atomic E-state index is -0.780. The maximum Gasteiger partial charge on any atom is 0.314 e. The van der Waals surface area contributed by atoms with E-state index in [0.717, 1.165) is 6.42 Å². The normalized spacial score (nSPS) is 19.5. The number of hydrogen-bond acceptors (Lipinski definition) is 5. The molecule has 2 heterocycles. The molecule has 1 saturated heterocycles. The molecule has 0 radical (unpaired) electrons. The minimum Gasteiger partial charge on any atom is -0.345 e. The van der Waals surface area contributed by atoms with Crippen molar-refractivity contribution in [3.05, 3.63) is 47.7 Å². The first-order valence-corrected chi connectivity index (χ1v) is 11.3. The summed E-state index contributed by atoms with van der Waals surface area (Å²) in [5.41, 5.74) is 1.69. The number of anilines is 1. The summed E-state index contributed by atoms with van der Waals surface area (Å²) >= 11 is 0. The van der Waals surface area contributed by atoms with Gasteiger partial charge in [0.15, 0.2) is 6.29 Å². The molecular formula is C24H34N6O3. The van der Waals surface area contributed by atoms with Gasteiger partial charge in [-0.25, -0.2) is 4.68 Å². The molecule has 1 aliphatic rings. The summed E-state index contributed by atoms with van der Waals surface area (Å²) in [5.74, 6) is -1.27. The summed E-state index contributed by atoms with van der Waals surface area (Å²) < 4.78 is 1.50. The van der Waals surface area contributed by atoms with Crippen molar-refractivity contribution in [1.82, 2.24) is 25.7 Å². The molecule has 3 atom stereocenters. The lowest BCUT2D eigenvalue weighted by molar-refractivity contribution is -0.136. The van der Waals surface area contributed by atoms with E-state index in [1.165, 1.54) is 10.2 Å². The Labute approximate surface area is 194 Å². The van der Waals surface area contributed by atoms with Crippen molar-refractivity contribution >= 4 is 23.5 Å². The Hall–Kier alpha value is -3.20. The van der Waals surface area contributed by atoms with Crippen LogP contribution in [0.1, 0.15) is 58.1 Å². The van der Waals surface area contributed by atoms with Gasteiger partial charge in [-0.2, -0.15) is 5.10 Å². The first-order valence-electron chi connectivity index (χ1n) is 11.3. The number of nitrogens with zero attached hydrogens (tertiary/aromatic N) is 2. The molecular weight excluding hydrogens is 420 g/mol. The van der Waals surface area contributed by atoms with Crippen LogP contribution < -0.4 is 21.3 Å². The van der Waals surface area contributed by atoms with Crippen LogP contribution in [-0.4, -0.2) is 39.6 Å². The molecule has 33 heavy (non-hydrogen) atoms. The van der Waals surface area contributed by atoms with E-state index in [4.69, 9.17) is 0 Å². The molecule has 1 aromatic heterocycles. The van der Waals surface area contributed by atoms with E-state index in [2.05, 4.69) is 47.1 Å². The van der Waals surface area contributed by atoms with E-state index in [-0.39, 0.29) is 23.4 Å². The maximum absolute atomic E-state index is 12.6. The Morgan fingerprint density at radius 2 is 1.91 bits per heavy atom. The van der Waals surface area contributed by atoms with Crippen molar-refractivity contribution in [2.75, 3.05) is 5.32 Å². The molecule has 9 nitrogen and oxygen atoms in total. The predicted molar refractivity (Wildman–Crippen MR) is 126 cm³/mol. The van der Waals surface area contributed by atoms with Gasteiger partial charge in [0.05, 0.1) is 5.69 Å². The van der Waals surface area contributed by atoms with Gasteiger partial charge in [0.2, 0.25) is 5.91 Å². The number of amides is 3. The maximum atomic E-state index is 12.6. The monoisotopic (exact) mass is 454 g/mol. The zero-order valence-corrected chi connectivity index (χ0v) is 19.9. The summed E-state index contributed by atoms with van der Waals surface area (Å²) in [7, 11) is 0. The second-order valence-corrected chi connectivity index (χ2v) is 9.73. The molecule has 1 fully saturated rings. The van der Waals surface area contributed by atoms with Crippen molar-refractivity contribution in [3.63, 3.8) is 0 Å². The van der Waals surface area contributed by atoms with Gasteiger partial charge >= 0.3 is 11.8 Å². The highest BCUT2D eigenvalue weighted by atomic mass is 16.2. The summed E-state index contributed by atoms with van der Waals surface area (Å²) in [6.07, 6.45) is 1.24. The molecule has 3 amide bonds. The molecule has 3 rings (SSSR count). The van der Waals surface area contributed by atoms with Crippen LogP contribution in [0.4, 0.5) is 5.82 Å². The van der Waals surface area contributed by atoms with Gasteiger partial charge in [-0.05, 0) is 37.7 Å². The van der Waals surface area contributed by atoms with Gasteiger partial charge in [-0.15, -0.1) is 0 Å². The van der Waals surface area contributed by atoms with Crippen LogP contribution in [0.2, 0.25) is 0 Å². The summed E-state index contributed by atoms with van der Waals surface area (Å²) in [6.45, 7) is 9.82. The van der Waals surface area contributed by atoms with Crippen LogP contribution in [0.3, 0.4) is 0 Å². The molecule has 1 aliphatic heterocycles. The third-order valence-electron chi connectivity index (χ3n) is 5.73. The zero-order chi connectivity index (χ0) is 24.2. The highest BCUT2D eigenvalue weighted by Gasteiger charge is 2.35. The zero-order valence-electron chi connectivity index (χ0n) is 19.9. The second kappa shape index (κ2) is 10.2. The number of carbonyl (C=O) groups excluding carboxylic acids is 3. The van der Waals surface area contributed by atoms with Crippen LogP contribution in [-0.2, 0) is 20.8 Å². The number of rotatable bonds is 6. The number of benzene rings is 1. The van der Waals surface area contributed by atoms with E-state index in [1.54, 1.807) is 13.0 Å². The van der Waals surface area contributed by atoms with Crippen LogP contribution in [0.25, 0.3) is 0 Å². The molecule has 0 aliphatic carbocycles. The van der Waals surface area contributed by atoms with E-state index in [0.29, 0.717) is 24.4 Å². The fourth-order valence-electron chi connectivity index (χ4n) is 3.75. The molecule has 3 unspecified atom stereocenters. The van der Waals surface area contributed by atoms with Crippen molar-refractivity contribution in [1.29, 1.82) is 0 Å². The quantitative estimate of drug-likeness (QED) is 0.500. The Morgan fingerprint density at radius 1 is 1.21 bits per heavy atom. The second-order valence-electron chi connectivity index (χ2n) is 9.73. The first kappa shape index (κ1) is 24.4. The third-order valence-corrected chi connectivity index (χ3v) is 5.73. The fraction of sp³-hybridized carbons (Fsp3) is 0.500. The average Bonchev–Trinajstić information content (AvgIpc) is 3.12. The van der Waals surface area contributed by atoms with Crippen LogP contribution >= 0.6 is 0 Å². The smallest absolute Gasteiger partial charge is 0.314 e. The number of hydrogen-bond donors (Lipinski definition) is 4. The highest BCUT2D eigenvalue weighted by Crippen LogP contribution is 2.27. The topological polar surface area (TPSA) is 117 Å². The molecule has 178 valence electrons. The van der Waals surface area contributed by atoms with E-state index >= 15 is 0 Å². The van der Waals surface area contributed by atoms with Gasteiger partial charge in [0, 0.05) is 24.6 Å². The van der Waals surface area contributed by atoms with Crippen molar-refractivity contribution in [2.45, 2.75) is 72.3 Å². The standard InChI is InChI=1S/C24H34N6O3/c1-15(11-12-17-9-7-6-8-10-17)25-21(32)22(33)27-19-13-16(2)29-30(19)23-26-18(24(3,4)5)14-20(31)28-23/h6-10,13,15,18,23,26H,11-12,14H2,1-5H3,(H,25,32)(H,27,33)(H,28,31). The number of carbonyl (C=O) groups is 3. The van der Waals surface area contributed by atoms with Crippen molar-refractivity contribution in [2.24, 2.45) is 5.41 Å². The lowest BCUT2D eigenvalue weighted by Crippen LogP contribution is -2.57. The number of aromatic nitrogens is 2. The summed E-state index contributed by atoms with van der Waals surface area (Å²) in [4.78, 5) is 37.3. The largest absolute Gasteiger partial charge is 0.345 e. The summed E-state index contributed by atoms with van der Waals surface area (Å²) in [5, 5.41) is 16.0. The highest BCUT2D eigenvalue weighted by molar-refractivity contribution is 6.39. The van der Waals surface area contributed by atoms with Crippen LogP contribution in [0, 0.1) is 12.3 Å². The Balaban J connectivity index is 1.62. The van der Waals surface area contributed by atoms with Gasteiger partial charge in [-0.3, -0.25) is 19.7 Å². The third kappa shape index (κ3) is 6.64. The predicted octanol–water partition coefficient (Wildman–Crippen LogP) is 2.25. The molecule has 2 aromatic rings. The minimum absolute atomic E-state index is 0.0712. The molecule has 0 bridgehead atoms. The molecule has 0 saturated carbocycles. The lowest BCUT2D eigenvalue weighted by Gasteiger charge is -2.39. The van der Waals surface area contributed by atoms with E-state index in [1.807, 2.05) is 37.3 Å². The van der Waals surface area contributed by atoms with E-state index < -0.39 is 18.1 Å². The van der Waals surface area contributed by atoms with E-state index in [9.17, 15) is 14.4 Å². The molecule has 4 N–H and O–H groups in total. The molecule has 0 spiro atoms. The summed E-state index contributed by atoms with van der Waals surface area (Å²) in [6, 6.07) is 11.4. The number of aryl methyl sites for hydroxylation is 2. The Kier molecular flexibility index (Phi) is 7.53. The first-order chi connectivity index (χ1) is 15.5. The fourth-order valence-corrected chi connectivity index (χ4v) is 3.75. The van der Waals surface area contributed by atoms with Gasteiger partial charge in [-0.1, -0.05) is 51.1 Å².